The van der Waals surface area contributed by atoms with Gasteiger partial charge in [-0.05, 0) is 18.2 Å². The fourth-order valence-electron chi connectivity index (χ4n) is 1.67. The molecule has 1 saturated heterocycles. The molecule has 1 aromatic carbocycles. The third kappa shape index (κ3) is 1.68. The molecule has 2 heterocycles. The summed E-state index contributed by atoms with van der Waals surface area (Å²) in [5, 5.41) is 0. The van der Waals surface area contributed by atoms with E-state index in [0.29, 0.717) is 5.56 Å². The van der Waals surface area contributed by atoms with E-state index >= 15 is 0 Å². The van der Waals surface area contributed by atoms with Crippen molar-refractivity contribution in [2.45, 2.75) is 0 Å². The molecule has 3 rings (SSSR count). The van der Waals surface area contributed by atoms with E-state index in [4.69, 9.17) is 0 Å². The summed E-state index contributed by atoms with van der Waals surface area (Å²) < 4.78 is 8.26. The highest BCUT2D eigenvalue weighted by molar-refractivity contribution is 7.99. The van der Waals surface area contributed by atoms with Gasteiger partial charge in [0, 0.05) is 17.9 Å². The van der Waals surface area contributed by atoms with Gasteiger partial charge >= 0.3 is 0 Å². The van der Waals surface area contributed by atoms with Crippen LogP contribution >= 0.6 is 23.5 Å². The smallest absolute Gasteiger partial charge is 0.254 e. The van der Waals surface area contributed by atoms with Crippen molar-refractivity contribution in [3.8, 4) is 0 Å². The molecule has 1 aliphatic rings. The Morgan fingerprint density at radius 3 is 3.00 bits per heavy atom. The van der Waals surface area contributed by atoms with Crippen LogP contribution in [0, 0.1) is 0 Å². The van der Waals surface area contributed by atoms with Crippen LogP contribution in [0.5, 0.6) is 0 Å². The summed E-state index contributed by atoms with van der Waals surface area (Å²) >= 11 is 2.97. The maximum atomic E-state index is 12.1. The highest BCUT2D eigenvalue weighted by Crippen LogP contribution is 2.19. The number of carbonyl (C=O) groups is 1. The summed E-state index contributed by atoms with van der Waals surface area (Å²) in [7, 11) is 0. The van der Waals surface area contributed by atoms with Crippen LogP contribution in [0.1, 0.15) is 10.4 Å². The number of carbonyl (C=O) groups excluding carboxylic acids is 1. The van der Waals surface area contributed by atoms with Crippen molar-refractivity contribution in [1.82, 2.24) is 13.6 Å². The lowest BCUT2D eigenvalue weighted by Crippen LogP contribution is -2.27. The normalized spacial score (nSPS) is 15.9. The number of amides is 1. The van der Waals surface area contributed by atoms with Gasteiger partial charge in [0.2, 0.25) is 0 Å². The minimum atomic E-state index is 0.0971. The van der Waals surface area contributed by atoms with E-state index in [1.54, 1.807) is 11.8 Å². The van der Waals surface area contributed by atoms with Gasteiger partial charge in [-0.1, -0.05) is 0 Å². The number of fused-ring (bicyclic) bond motifs is 1. The zero-order chi connectivity index (χ0) is 11.0. The first kappa shape index (κ1) is 10.0. The van der Waals surface area contributed by atoms with E-state index in [2.05, 4.69) is 8.75 Å². The van der Waals surface area contributed by atoms with E-state index < -0.39 is 0 Å². The summed E-state index contributed by atoms with van der Waals surface area (Å²) in [6, 6.07) is 5.51. The zero-order valence-electron chi connectivity index (χ0n) is 8.42. The second-order valence-corrected chi connectivity index (χ2v) is 5.18. The molecule has 0 radical (unpaired) electrons. The summed E-state index contributed by atoms with van der Waals surface area (Å²) in [5.41, 5.74) is 2.38. The van der Waals surface area contributed by atoms with Crippen molar-refractivity contribution in [2.75, 3.05) is 18.2 Å². The Bertz CT molecular complexity index is 534. The van der Waals surface area contributed by atoms with Crippen molar-refractivity contribution in [1.29, 1.82) is 0 Å². The molecule has 6 heteroatoms. The molecule has 1 aromatic heterocycles. The molecule has 2 aromatic rings. The maximum Gasteiger partial charge on any atom is 0.254 e. The van der Waals surface area contributed by atoms with Crippen molar-refractivity contribution >= 4 is 40.4 Å². The minimum Gasteiger partial charge on any atom is -0.329 e. The molecular weight excluding hydrogens is 242 g/mol. The highest BCUT2D eigenvalue weighted by Gasteiger charge is 2.20. The van der Waals surface area contributed by atoms with Gasteiger partial charge in [-0.2, -0.15) is 8.75 Å². The molecule has 16 heavy (non-hydrogen) atoms. The molecule has 1 fully saturated rings. The summed E-state index contributed by atoms with van der Waals surface area (Å²) in [5.74, 6) is 1.93. The first-order valence-corrected chi connectivity index (χ1v) is 6.82. The molecule has 0 spiro atoms. The number of nitrogens with zero attached hydrogens (tertiary/aromatic N) is 3. The van der Waals surface area contributed by atoms with Gasteiger partial charge < -0.3 is 4.90 Å². The quantitative estimate of drug-likeness (QED) is 0.776. The van der Waals surface area contributed by atoms with Gasteiger partial charge in [0.25, 0.3) is 5.91 Å². The lowest BCUT2D eigenvalue weighted by molar-refractivity contribution is 0.0803. The molecule has 0 atom stereocenters. The largest absolute Gasteiger partial charge is 0.329 e. The second-order valence-electron chi connectivity index (χ2n) is 3.57. The molecule has 0 aliphatic carbocycles. The van der Waals surface area contributed by atoms with Crippen LogP contribution in [0.4, 0.5) is 0 Å². The third-order valence-corrected chi connectivity index (χ3v) is 4.06. The maximum absolute atomic E-state index is 12.1. The van der Waals surface area contributed by atoms with Crippen molar-refractivity contribution in [2.24, 2.45) is 0 Å². The second kappa shape index (κ2) is 4.03. The van der Waals surface area contributed by atoms with Crippen LogP contribution in [-0.4, -0.2) is 37.7 Å². The van der Waals surface area contributed by atoms with Gasteiger partial charge in [-0.3, -0.25) is 4.79 Å². The van der Waals surface area contributed by atoms with Crippen LogP contribution in [-0.2, 0) is 0 Å². The molecule has 1 amide bonds. The third-order valence-electron chi connectivity index (χ3n) is 2.54. The number of benzene rings is 1. The number of aromatic nitrogens is 2. The number of hydrogen-bond donors (Lipinski definition) is 0. The predicted octanol–water partition coefficient (Wildman–Crippen LogP) is 1.84. The van der Waals surface area contributed by atoms with Crippen LogP contribution in [0.3, 0.4) is 0 Å². The lowest BCUT2D eigenvalue weighted by atomic mass is 10.2. The van der Waals surface area contributed by atoms with Gasteiger partial charge in [0.1, 0.15) is 11.0 Å². The Balaban J connectivity index is 1.95. The Morgan fingerprint density at radius 1 is 1.31 bits per heavy atom. The molecule has 0 N–H and O–H groups in total. The molecular formula is C10H9N3OS2. The molecule has 1 aliphatic heterocycles. The number of thioether (sulfide) groups is 1. The van der Waals surface area contributed by atoms with Crippen LogP contribution in [0.25, 0.3) is 11.0 Å². The van der Waals surface area contributed by atoms with E-state index in [1.807, 2.05) is 23.1 Å². The molecule has 0 bridgehead atoms. The summed E-state index contributed by atoms with van der Waals surface area (Å²) in [6.45, 7) is 0.844. The SMILES string of the molecule is O=C(c1ccc2nsnc2c1)N1CCSC1. The highest BCUT2D eigenvalue weighted by atomic mass is 32.2. The minimum absolute atomic E-state index is 0.0971. The van der Waals surface area contributed by atoms with Crippen LogP contribution in [0.15, 0.2) is 18.2 Å². The standard InChI is InChI=1S/C10H9N3OS2/c14-10(13-3-4-15-6-13)7-1-2-8-9(5-7)12-16-11-8/h1-2,5H,3-4,6H2. The van der Waals surface area contributed by atoms with E-state index in [1.165, 1.54) is 11.7 Å². The summed E-state index contributed by atoms with van der Waals surface area (Å²) in [6.07, 6.45) is 0. The summed E-state index contributed by atoms with van der Waals surface area (Å²) in [4.78, 5) is 13.9. The van der Waals surface area contributed by atoms with Gasteiger partial charge in [0.05, 0.1) is 17.6 Å². The van der Waals surface area contributed by atoms with E-state index in [0.717, 1.165) is 29.2 Å². The molecule has 0 saturated carbocycles. The van der Waals surface area contributed by atoms with Crippen molar-refractivity contribution in [3.63, 3.8) is 0 Å². The zero-order valence-corrected chi connectivity index (χ0v) is 10.1. The van der Waals surface area contributed by atoms with Crippen molar-refractivity contribution in [3.05, 3.63) is 23.8 Å². The Morgan fingerprint density at radius 2 is 2.19 bits per heavy atom. The average molecular weight is 251 g/mol. The first-order chi connectivity index (χ1) is 7.84. The van der Waals surface area contributed by atoms with Gasteiger partial charge in [0.15, 0.2) is 0 Å². The van der Waals surface area contributed by atoms with E-state index in [-0.39, 0.29) is 5.91 Å². The Hall–Kier alpha value is -1.14. The Labute approximate surface area is 101 Å². The van der Waals surface area contributed by atoms with E-state index in [9.17, 15) is 4.79 Å². The van der Waals surface area contributed by atoms with Crippen LogP contribution < -0.4 is 0 Å². The average Bonchev–Trinajstić information content (AvgIpc) is 2.98. The number of hydrogen-bond acceptors (Lipinski definition) is 5. The predicted molar refractivity (Wildman–Crippen MR) is 65.8 cm³/mol. The molecule has 4 nitrogen and oxygen atoms in total. The molecule has 82 valence electrons. The number of rotatable bonds is 1. The Kier molecular flexibility index (Phi) is 2.53. The van der Waals surface area contributed by atoms with Gasteiger partial charge in [-0.25, -0.2) is 0 Å². The lowest BCUT2D eigenvalue weighted by Gasteiger charge is -2.13. The fourth-order valence-corrected chi connectivity index (χ4v) is 3.13. The fraction of sp³-hybridized carbons (Fsp3) is 0.300. The van der Waals surface area contributed by atoms with Crippen LogP contribution in [0.2, 0.25) is 0 Å². The molecule has 0 unspecified atom stereocenters. The first-order valence-electron chi connectivity index (χ1n) is 4.94. The van der Waals surface area contributed by atoms with Crippen molar-refractivity contribution < 1.29 is 4.79 Å². The van der Waals surface area contributed by atoms with Gasteiger partial charge in [-0.15, -0.1) is 11.8 Å². The monoisotopic (exact) mass is 251 g/mol. The topological polar surface area (TPSA) is 46.1 Å².